The van der Waals surface area contributed by atoms with Gasteiger partial charge in [0.05, 0.1) is 11.2 Å². The highest BCUT2D eigenvalue weighted by molar-refractivity contribution is 9.10. The van der Waals surface area contributed by atoms with Crippen molar-refractivity contribution in [2.24, 2.45) is 0 Å². The Morgan fingerprint density at radius 3 is 2.18 bits per heavy atom. The first-order chi connectivity index (χ1) is 7.73. The van der Waals surface area contributed by atoms with Gasteiger partial charge in [-0.1, -0.05) is 6.07 Å². The maximum absolute atomic E-state index is 13.7. The molecular weight excluding hydrogens is 288 g/mol. The van der Waals surface area contributed by atoms with Gasteiger partial charge < -0.3 is 9.31 Å². The van der Waals surface area contributed by atoms with E-state index in [2.05, 4.69) is 20.9 Å². The lowest BCUT2D eigenvalue weighted by Crippen LogP contribution is -2.41. The zero-order valence-electron chi connectivity index (χ0n) is 10.3. The fourth-order valence-electron chi connectivity index (χ4n) is 1.57. The van der Waals surface area contributed by atoms with Crippen molar-refractivity contribution in [2.75, 3.05) is 0 Å². The number of hydrogen-bond acceptors (Lipinski definition) is 3. The Morgan fingerprint density at radius 1 is 1.18 bits per heavy atom. The van der Waals surface area contributed by atoms with E-state index in [9.17, 15) is 4.39 Å². The molecule has 0 unspecified atom stereocenters. The monoisotopic (exact) mass is 301 g/mol. The maximum Gasteiger partial charge on any atom is 0.499 e. The molecule has 1 aromatic heterocycles. The first-order valence-electron chi connectivity index (χ1n) is 5.40. The molecule has 1 saturated heterocycles. The fourth-order valence-corrected chi connectivity index (χ4v) is 1.86. The first-order valence-corrected chi connectivity index (χ1v) is 6.20. The van der Waals surface area contributed by atoms with Crippen molar-refractivity contribution in [1.82, 2.24) is 4.98 Å². The Balaban J connectivity index is 2.32. The molecule has 0 aromatic carbocycles. The lowest BCUT2D eigenvalue weighted by Gasteiger charge is -2.32. The normalized spacial score (nSPS) is 21.9. The van der Waals surface area contributed by atoms with Gasteiger partial charge in [-0.3, -0.25) is 0 Å². The highest BCUT2D eigenvalue weighted by Gasteiger charge is 2.52. The van der Waals surface area contributed by atoms with E-state index in [0.717, 1.165) is 0 Å². The summed E-state index contributed by atoms with van der Waals surface area (Å²) in [5.41, 5.74) is -0.624. The molecule has 0 atom stereocenters. The Hall–Kier alpha value is -0.455. The molecule has 1 aromatic rings. The summed E-state index contributed by atoms with van der Waals surface area (Å²) in [6, 6.07) is 3.29. The summed E-state index contributed by atoms with van der Waals surface area (Å²) < 4.78 is 25.7. The Bertz CT molecular complexity index is 437. The van der Waals surface area contributed by atoms with Crippen LogP contribution in [0, 0.1) is 5.95 Å². The second-order valence-corrected chi connectivity index (χ2v) is 5.91. The summed E-state index contributed by atoms with van der Waals surface area (Å²) in [7, 11) is -0.708. The molecule has 0 amide bonds. The van der Waals surface area contributed by atoms with E-state index >= 15 is 0 Å². The molecular formula is C11H14BBrFNO2. The van der Waals surface area contributed by atoms with Crippen LogP contribution in [0.4, 0.5) is 4.39 Å². The number of hydrogen-bond donors (Lipinski definition) is 0. The summed E-state index contributed by atoms with van der Waals surface area (Å²) in [4.78, 5) is 3.70. The van der Waals surface area contributed by atoms with Crippen molar-refractivity contribution in [3.63, 3.8) is 0 Å². The van der Waals surface area contributed by atoms with Gasteiger partial charge in [-0.05, 0) is 49.7 Å². The number of nitrogens with zero attached hydrogens (tertiary/aromatic N) is 1. The highest BCUT2D eigenvalue weighted by atomic mass is 79.9. The van der Waals surface area contributed by atoms with Crippen LogP contribution in [-0.4, -0.2) is 23.3 Å². The molecule has 1 aliphatic rings. The molecule has 0 aliphatic carbocycles. The zero-order chi connectivity index (χ0) is 12.8. The Kier molecular flexibility index (Phi) is 3.08. The van der Waals surface area contributed by atoms with Crippen molar-refractivity contribution in [1.29, 1.82) is 0 Å². The highest BCUT2D eigenvalue weighted by Crippen LogP contribution is 2.36. The van der Waals surface area contributed by atoms with Crippen LogP contribution in [0.5, 0.6) is 0 Å². The largest absolute Gasteiger partial charge is 0.499 e. The van der Waals surface area contributed by atoms with Crippen LogP contribution < -0.4 is 5.46 Å². The quantitative estimate of drug-likeness (QED) is 0.589. The van der Waals surface area contributed by atoms with E-state index in [-0.39, 0.29) is 0 Å². The van der Waals surface area contributed by atoms with Crippen molar-refractivity contribution < 1.29 is 13.7 Å². The predicted molar refractivity (Wildman–Crippen MR) is 67.6 cm³/mol. The van der Waals surface area contributed by atoms with E-state index in [1.165, 1.54) is 0 Å². The van der Waals surface area contributed by atoms with Gasteiger partial charge in [0.2, 0.25) is 5.95 Å². The molecule has 0 N–H and O–H groups in total. The third kappa shape index (κ3) is 2.26. The minimum absolute atomic E-state index is 0.326. The molecule has 0 radical (unpaired) electrons. The topological polar surface area (TPSA) is 31.4 Å². The van der Waals surface area contributed by atoms with Crippen molar-refractivity contribution >= 4 is 28.5 Å². The van der Waals surface area contributed by atoms with Gasteiger partial charge in [-0.2, -0.15) is 4.39 Å². The van der Waals surface area contributed by atoms with Crippen LogP contribution in [-0.2, 0) is 9.31 Å². The minimum atomic E-state index is -0.708. The van der Waals surface area contributed by atoms with Gasteiger partial charge in [0.1, 0.15) is 4.60 Å². The van der Waals surface area contributed by atoms with Crippen LogP contribution in [0.15, 0.2) is 16.7 Å². The van der Waals surface area contributed by atoms with Crippen LogP contribution in [0.25, 0.3) is 0 Å². The standard InChI is InChI=1S/C11H14BBrFNO2/c1-10(2)11(3,4)17-12(16-10)7-5-6-8(13)15-9(7)14/h5-6H,1-4H3. The van der Waals surface area contributed by atoms with E-state index < -0.39 is 24.3 Å². The van der Waals surface area contributed by atoms with Crippen LogP contribution >= 0.6 is 15.9 Å². The zero-order valence-corrected chi connectivity index (χ0v) is 11.8. The van der Waals surface area contributed by atoms with Crippen molar-refractivity contribution in [2.45, 2.75) is 38.9 Å². The molecule has 6 heteroatoms. The van der Waals surface area contributed by atoms with Crippen LogP contribution in [0.3, 0.4) is 0 Å². The predicted octanol–water partition coefficient (Wildman–Crippen LogP) is 2.28. The molecule has 92 valence electrons. The molecule has 0 bridgehead atoms. The number of pyridine rings is 1. The molecule has 0 spiro atoms. The molecule has 2 heterocycles. The van der Waals surface area contributed by atoms with Gasteiger partial charge in [-0.15, -0.1) is 0 Å². The van der Waals surface area contributed by atoms with Crippen LogP contribution in [0.1, 0.15) is 27.7 Å². The molecule has 17 heavy (non-hydrogen) atoms. The van der Waals surface area contributed by atoms with E-state index in [1.807, 2.05) is 27.7 Å². The third-order valence-corrected chi connectivity index (χ3v) is 3.79. The summed E-state index contributed by atoms with van der Waals surface area (Å²) >= 11 is 3.12. The Labute approximate surface area is 109 Å². The summed E-state index contributed by atoms with van der Waals surface area (Å²) in [6.07, 6.45) is 0. The molecule has 0 saturated carbocycles. The Morgan fingerprint density at radius 2 is 1.71 bits per heavy atom. The fraction of sp³-hybridized carbons (Fsp3) is 0.545. The lowest BCUT2D eigenvalue weighted by molar-refractivity contribution is 0.00578. The van der Waals surface area contributed by atoms with E-state index in [4.69, 9.17) is 9.31 Å². The number of rotatable bonds is 1. The van der Waals surface area contributed by atoms with E-state index in [1.54, 1.807) is 12.1 Å². The minimum Gasteiger partial charge on any atom is -0.399 e. The van der Waals surface area contributed by atoms with E-state index in [0.29, 0.717) is 10.1 Å². The molecule has 2 rings (SSSR count). The second kappa shape index (κ2) is 4.04. The van der Waals surface area contributed by atoms with Gasteiger partial charge in [0.25, 0.3) is 0 Å². The SMILES string of the molecule is CC1(C)OB(c2ccc(Br)nc2F)OC1(C)C. The van der Waals surface area contributed by atoms with Gasteiger partial charge in [0.15, 0.2) is 0 Å². The summed E-state index contributed by atoms with van der Waals surface area (Å²) in [5, 5.41) is 0. The van der Waals surface area contributed by atoms with Crippen LogP contribution in [0.2, 0.25) is 0 Å². The lowest BCUT2D eigenvalue weighted by atomic mass is 9.80. The summed E-state index contributed by atoms with van der Waals surface area (Å²) in [5.74, 6) is -0.571. The van der Waals surface area contributed by atoms with Gasteiger partial charge in [0, 0.05) is 5.46 Å². The molecule has 1 aliphatic heterocycles. The number of aromatic nitrogens is 1. The third-order valence-electron chi connectivity index (χ3n) is 3.35. The molecule has 3 nitrogen and oxygen atoms in total. The van der Waals surface area contributed by atoms with Crippen molar-refractivity contribution in [3.05, 3.63) is 22.7 Å². The maximum atomic E-state index is 13.7. The first kappa shape index (κ1) is 13.0. The molecule has 1 fully saturated rings. The average Bonchev–Trinajstić information content (AvgIpc) is 2.35. The average molecular weight is 302 g/mol. The summed E-state index contributed by atoms with van der Waals surface area (Å²) in [6.45, 7) is 7.71. The second-order valence-electron chi connectivity index (χ2n) is 5.10. The number of halogens is 2. The van der Waals surface area contributed by atoms with Gasteiger partial charge in [-0.25, -0.2) is 4.98 Å². The smallest absolute Gasteiger partial charge is 0.399 e. The van der Waals surface area contributed by atoms with Gasteiger partial charge >= 0.3 is 7.12 Å². The van der Waals surface area contributed by atoms with Crippen molar-refractivity contribution in [3.8, 4) is 0 Å².